The van der Waals surface area contributed by atoms with Crippen LogP contribution in [0.1, 0.15) is 51.9 Å². The SMILES string of the molecule is CC1CCCN(C2[C]3CC4CC(C3)CC2C4)C1. The quantitative estimate of drug-likeness (QED) is 0.669. The van der Waals surface area contributed by atoms with E-state index in [1.807, 2.05) is 5.92 Å². The highest BCUT2D eigenvalue weighted by molar-refractivity contribution is 5.17. The molecule has 5 rings (SSSR count). The predicted molar refractivity (Wildman–Crippen MR) is 70.6 cm³/mol. The van der Waals surface area contributed by atoms with E-state index >= 15 is 0 Å². The van der Waals surface area contributed by atoms with E-state index in [9.17, 15) is 0 Å². The average molecular weight is 232 g/mol. The minimum atomic E-state index is 0.922. The summed E-state index contributed by atoms with van der Waals surface area (Å²) >= 11 is 0. The lowest BCUT2D eigenvalue weighted by Gasteiger charge is -2.58. The summed E-state index contributed by atoms with van der Waals surface area (Å²) < 4.78 is 0. The normalized spacial score (nSPS) is 51.0. The van der Waals surface area contributed by atoms with Gasteiger partial charge in [-0.15, -0.1) is 0 Å². The number of piperidine rings is 1. The summed E-state index contributed by atoms with van der Waals surface area (Å²) in [5, 5.41) is 0. The van der Waals surface area contributed by atoms with Crippen molar-refractivity contribution in [1.29, 1.82) is 0 Å². The van der Waals surface area contributed by atoms with Gasteiger partial charge in [0.15, 0.2) is 0 Å². The highest BCUT2D eigenvalue weighted by Gasteiger charge is 2.50. The summed E-state index contributed by atoms with van der Waals surface area (Å²) in [5.41, 5.74) is 0. The number of likely N-dealkylation sites (tertiary alicyclic amines) is 1. The Hall–Kier alpha value is -0.0400. The summed E-state index contributed by atoms with van der Waals surface area (Å²) in [5.74, 6) is 6.17. The van der Waals surface area contributed by atoms with Gasteiger partial charge in [0.25, 0.3) is 0 Å². The van der Waals surface area contributed by atoms with Gasteiger partial charge in [0.2, 0.25) is 0 Å². The Labute approximate surface area is 106 Å². The lowest BCUT2D eigenvalue weighted by molar-refractivity contribution is -0.0107. The minimum Gasteiger partial charge on any atom is -0.299 e. The molecule has 5 aliphatic rings. The number of rotatable bonds is 1. The van der Waals surface area contributed by atoms with Gasteiger partial charge < -0.3 is 0 Å². The molecular weight excluding hydrogens is 206 g/mol. The van der Waals surface area contributed by atoms with Crippen LogP contribution in [0.25, 0.3) is 0 Å². The van der Waals surface area contributed by atoms with Crippen LogP contribution in [0.2, 0.25) is 0 Å². The van der Waals surface area contributed by atoms with Crippen LogP contribution in [-0.2, 0) is 0 Å². The third-order valence-electron chi connectivity index (χ3n) is 5.99. The smallest absolute Gasteiger partial charge is 0.0186 e. The molecule has 1 saturated heterocycles. The molecule has 1 aliphatic heterocycles. The fourth-order valence-corrected chi connectivity index (χ4v) is 5.64. The molecule has 1 heteroatoms. The van der Waals surface area contributed by atoms with Crippen LogP contribution in [0.15, 0.2) is 0 Å². The van der Waals surface area contributed by atoms with E-state index in [0.29, 0.717) is 0 Å². The van der Waals surface area contributed by atoms with E-state index in [-0.39, 0.29) is 0 Å². The molecule has 0 aromatic carbocycles. The Morgan fingerprint density at radius 2 is 1.82 bits per heavy atom. The monoisotopic (exact) mass is 232 g/mol. The van der Waals surface area contributed by atoms with Crippen molar-refractivity contribution < 1.29 is 0 Å². The molecule has 4 unspecified atom stereocenters. The molecule has 1 heterocycles. The lowest BCUT2D eigenvalue weighted by Crippen LogP contribution is -2.56. The molecule has 0 spiro atoms. The summed E-state index contributed by atoms with van der Waals surface area (Å²) in [6.45, 7) is 5.23. The second kappa shape index (κ2) is 3.98. The zero-order chi connectivity index (χ0) is 11.4. The lowest BCUT2D eigenvalue weighted by atomic mass is 9.53. The molecule has 4 bridgehead atoms. The maximum absolute atomic E-state index is 2.88. The zero-order valence-corrected chi connectivity index (χ0v) is 11.2. The molecule has 4 atom stereocenters. The molecule has 4 saturated carbocycles. The first kappa shape index (κ1) is 10.8. The summed E-state index contributed by atoms with van der Waals surface area (Å²) in [4.78, 5) is 2.88. The van der Waals surface area contributed by atoms with Gasteiger partial charge in [-0.1, -0.05) is 6.92 Å². The molecule has 5 fully saturated rings. The molecule has 4 aliphatic carbocycles. The van der Waals surface area contributed by atoms with Crippen molar-refractivity contribution in [3.8, 4) is 0 Å². The summed E-state index contributed by atoms with van der Waals surface area (Å²) in [6, 6.07) is 0.922. The van der Waals surface area contributed by atoms with E-state index in [0.717, 1.165) is 29.7 Å². The van der Waals surface area contributed by atoms with Gasteiger partial charge in [-0.2, -0.15) is 0 Å². The summed E-state index contributed by atoms with van der Waals surface area (Å²) in [6.07, 6.45) is 10.6. The minimum absolute atomic E-state index is 0.922. The fourth-order valence-electron chi connectivity index (χ4n) is 5.64. The Kier molecular flexibility index (Phi) is 2.54. The van der Waals surface area contributed by atoms with Crippen molar-refractivity contribution in [3.63, 3.8) is 0 Å². The van der Waals surface area contributed by atoms with E-state index in [1.165, 1.54) is 38.8 Å². The highest BCUT2D eigenvalue weighted by atomic mass is 15.2. The highest BCUT2D eigenvalue weighted by Crippen LogP contribution is 2.56. The van der Waals surface area contributed by atoms with Crippen LogP contribution in [0.4, 0.5) is 0 Å². The maximum Gasteiger partial charge on any atom is 0.0186 e. The molecular formula is C16H26N. The van der Waals surface area contributed by atoms with Crippen LogP contribution in [-0.4, -0.2) is 24.0 Å². The Bertz CT molecular complexity index is 270. The first-order valence-corrected chi connectivity index (χ1v) is 7.88. The molecule has 0 aromatic heterocycles. The van der Waals surface area contributed by atoms with Crippen LogP contribution in [0, 0.1) is 29.6 Å². The van der Waals surface area contributed by atoms with E-state index in [1.54, 1.807) is 19.3 Å². The standard InChI is InChI=1S/C16H26N/c1-11-3-2-4-17(10-11)16-14-6-12-5-13(8-14)9-15(16)7-12/h11-14,16H,2-10H2,1H3. The van der Waals surface area contributed by atoms with Crippen molar-refractivity contribution in [2.45, 2.75) is 57.9 Å². The third kappa shape index (κ3) is 1.77. The molecule has 1 radical (unpaired) electrons. The number of hydrogen-bond acceptors (Lipinski definition) is 1. The van der Waals surface area contributed by atoms with Crippen molar-refractivity contribution in [2.75, 3.05) is 13.1 Å². The van der Waals surface area contributed by atoms with Gasteiger partial charge >= 0.3 is 0 Å². The van der Waals surface area contributed by atoms with Crippen LogP contribution >= 0.6 is 0 Å². The van der Waals surface area contributed by atoms with Crippen molar-refractivity contribution >= 4 is 0 Å². The average Bonchev–Trinajstić information content (AvgIpc) is 2.27. The first-order valence-electron chi connectivity index (χ1n) is 7.88. The number of hydrogen-bond donors (Lipinski definition) is 0. The zero-order valence-electron chi connectivity index (χ0n) is 11.2. The Balaban J connectivity index is 1.53. The van der Waals surface area contributed by atoms with Crippen molar-refractivity contribution in [3.05, 3.63) is 5.92 Å². The second-order valence-corrected chi connectivity index (χ2v) is 7.45. The first-order chi connectivity index (χ1) is 8.29. The number of nitrogens with zero attached hydrogens (tertiary/aromatic N) is 1. The molecule has 0 N–H and O–H groups in total. The van der Waals surface area contributed by atoms with Gasteiger partial charge in [0.05, 0.1) is 0 Å². The van der Waals surface area contributed by atoms with Crippen molar-refractivity contribution in [1.82, 2.24) is 4.90 Å². The Morgan fingerprint density at radius 1 is 1.06 bits per heavy atom. The molecule has 0 aromatic rings. The van der Waals surface area contributed by atoms with Gasteiger partial charge in [-0.25, -0.2) is 0 Å². The molecule has 0 amide bonds. The van der Waals surface area contributed by atoms with Gasteiger partial charge in [0.1, 0.15) is 0 Å². The van der Waals surface area contributed by atoms with Crippen LogP contribution in [0.3, 0.4) is 0 Å². The largest absolute Gasteiger partial charge is 0.299 e. The molecule has 17 heavy (non-hydrogen) atoms. The third-order valence-corrected chi connectivity index (χ3v) is 5.99. The van der Waals surface area contributed by atoms with Crippen LogP contribution < -0.4 is 0 Å². The Morgan fingerprint density at radius 3 is 2.47 bits per heavy atom. The molecule has 95 valence electrons. The van der Waals surface area contributed by atoms with E-state index in [4.69, 9.17) is 0 Å². The van der Waals surface area contributed by atoms with E-state index < -0.39 is 0 Å². The van der Waals surface area contributed by atoms with Crippen LogP contribution in [0.5, 0.6) is 0 Å². The molecule has 1 nitrogen and oxygen atoms in total. The predicted octanol–water partition coefficient (Wildman–Crippen LogP) is 3.50. The van der Waals surface area contributed by atoms with Gasteiger partial charge in [-0.3, -0.25) is 4.90 Å². The topological polar surface area (TPSA) is 3.24 Å². The van der Waals surface area contributed by atoms with Gasteiger partial charge in [0, 0.05) is 12.6 Å². The van der Waals surface area contributed by atoms with Gasteiger partial charge in [-0.05, 0) is 81.1 Å². The fraction of sp³-hybridized carbons (Fsp3) is 0.938. The summed E-state index contributed by atoms with van der Waals surface area (Å²) in [7, 11) is 0. The van der Waals surface area contributed by atoms with Crippen molar-refractivity contribution in [2.24, 2.45) is 23.7 Å². The van der Waals surface area contributed by atoms with E-state index in [2.05, 4.69) is 11.8 Å². The maximum atomic E-state index is 2.88. The second-order valence-electron chi connectivity index (χ2n) is 7.45.